The molecule has 114 valence electrons. The van der Waals surface area contributed by atoms with Gasteiger partial charge in [0.15, 0.2) is 0 Å². The van der Waals surface area contributed by atoms with Gasteiger partial charge in [-0.1, -0.05) is 30.3 Å². The number of nitrogens with one attached hydrogen (secondary N) is 1. The van der Waals surface area contributed by atoms with E-state index < -0.39 is 24.4 Å². The number of benzene rings is 1. The van der Waals surface area contributed by atoms with Gasteiger partial charge >= 0.3 is 6.18 Å². The summed E-state index contributed by atoms with van der Waals surface area (Å²) >= 11 is 0. The minimum absolute atomic E-state index is 0.0281. The van der Waals surface area contributed by atoms with E-state index in [1.807, 2.05) is 36.4 Å². The summed E-state index contributed by atoms with van der Waals surface area (Å²) in [5.74, 6) is -1.26. The number of halogens is 3. The SMILES string of the molecule is N#CC(Cc1ccccc1)C(=O)NCCCCC(F)(F)F. The number of unbranched alkanes of at least 4 members (excludes halogenated alkanes) is 1. The number of carbonyl (C=O) groups excluding carboxylic acids is 1. The number of rotatable bonds is 7. The number of carbonyl (C=O) groups is 1. The highest BCUT2D eigenvalue weighted by atomic mass is 19.4. The van der Waals surface area contributed by atoms with Crippen LogP contribution >= 0.6 is 0 Å². The lowest BCUT2D eigenvalue weighted by Crippen LogP contribution is -2.32. The Balaban J connectivity index is 2.31. The van der Waals surface area contributed by atoms with Crippen LogP contribution in [0.2, 0.25) is 0 Å². The molecule has 0 heterocycles. The summed E-state index contributed by atoms with van der Waals surface area (Å²) in [6.45, 7) is 0.155. The lowest BCUT2D eigenvalue weighted by molar-refractivity contribution is -0.135. The van der Waals surface area contributed by atoms with E-state index in [0.717, 1.165) is 5.56 Å². The third-order valence-corrected chi connectivity index (χ3v) is 2.94. The first-order chi connectivity index (χ1) is 9.92. The lowest BCUT2D eigenvalue weighted by Gasteiger charge is -2.11. The van der Waals surface area contributed by atoms with E-state index >= 15 is 0 Å². The van der Waals surface area contributed by atoms with E-state index in [-0.39, 0.29) is 19.4 Å². The van der Waals surface area contributed by atoms with Crippen molar-refractivity contribution in [2.75, 3.05) is 6.54 Å². The first kappa shape index (κ1) is 17.0. The highest BCUT2D eigenvalue weighted by Gasteiger charge is 2.26. The molecule has 21 heavy (non-hydrogen) atoms. The van der Waals surface area contributed by atoms with Crippen molar-refractivity contribution in [1.82, 2.24) is 5.32 Å². The summed E-state index contributed by atoms with van der Waals surface area (Å²) in [6, 6.07) is 11.0. The number of amides is 1. The molecular formula is C15H17F3N2O. The molecule has 0 saturated heterocycles. The van der Waals surface area contributed by atoms with Crippen LogP contribution in [-0.2, 0) is 11.2 Å². The van der Waals surface area contributed by atoms with Crippen molar-refractivity contribution in [3.63, 3.8) is 0 Å². The molecular weight excluding hydrogens is 281 g/mol. The molecule has 0 aromatic heterocycles. The van der Waals surface area contributed by atoms with Gasteiger partial charge in [-0.05, 0) is 24.8 Å². The summed E-state index contributed by atoms with van der Waals surface area (Å²) in [7, 11) is 0. The average Bonchev–Trinajstić information content (AvgIpc) is 2.44. The van der Waals surface area contributed by atoms with Gasteiger partial charge in [0.1, 0.15) is 5.92 Å². The van der Waals surface area contributed by atoms with Crippen molar-refractivity contribution in [2.45, 2.75) is 31.9 Å². The summed E-state index contributed by atoms with van der Waals surface area (Å²) in [5, 5.41) is 11.5. The molecule has 1 aromatic rings. The zero-order valence-corrected chi connectivity index (χ0v) is 11.5. The maximum Gasteiger partial charge on any atom is 0.389 e. The molecule has 1 rings (SSSR count). The lowest BCUT2D eigenvalue weighted by atomic mass is 10.00. The molecule has 1 aromatic carbocycles. The van der Waals surface area contributed by atoms with Gasteiger partial charge in [0, 0.05) is 13.0 Å². The largest absolute Gasteiger partial charge is 0.389 e. The molecule has 3 nitrogen and oxygen atoms in total. The van der Waals surface area contributed by atoms with Crippen molar-refractivity contribution in [1.29, 1.82) is 5.26 Å². The molecule has 1 amide bonds. The fourth-order valence-electron chi connectivity index (χ4n) is 1.83. The van der Waals surface area contributed by atoms with Crippen molar-refractivity contribution < 1.29 is 18.0 Å². The van der Waals surface area contributed by atoms with E-state index in [9.17, 15) is 18.0 Å². The predicted octanol–water partition coefficient (Wildman–Crippen LogP) is 3.22. The molecule has 0 spiro atoms. The van der Waals surface area contributed by atoms with Gasteiger partial charge in [-0.2, -0.15) is 18.4 Å². The van der Waals surface area contributed by atoms with E-state index in [0.29, 0.717) is 6.42 Å². The fourth-order valence-corrected chi connectivity index (χ4v) is 1.83. The molecule has 0 saturated carbocycles. The molecule has 0 fully saturated rings. The zero-order chi connectivity index (χ0) is 15.7. The molecule has 1 atom stereocenters. The third kappa shape index (κ3) is 7.35. The topological polar surface area (TPSA) is 52.9 Å². The van der Waals surface area contributed by atoms with Crippen molar-refractivity contribution in [2.24, 2.45) is 5.92 Å². The predicted molar refractivity (Wildman–Crippen MR) is 72.2 cm³/mol. The Morgan fingerprint density at radius 2 is 1.90 bits per heavy atom. The smallest absolute Gasteiger partial charge is 0.355 e. The molecule has 0 aliphatic rings. The Morgan fingerprint density at radius 3 is 2.48 bits per heavy atom. The van der Waals surface area contributed by atoms with Crippen LogP contribution in [0.1, 0.15) is 24.8 Å². The second-order valence-corrected chi connectivity index (χ2v) is 4.73. The van der Waals surface area contributed by atoms with Gasteiger partial charge < -0.3 is 5.32 Å². The third-order valence-electron chi connectivity index (χ3n) is 2.94. The fraction of sp³-hybridized carbons (Fsp3) is 0.467. The van der Waals surface area contributed by atoms with Crippen molar-refractivity contribution >= 4 is 5.91 Å². The number of nitrogens with zero attached hydrogens (tertiary/aromatic N) is 1. The molecule has 0 aliphatic carbocycles. The van der Waals surface area contributed by atoms with Crippen molar-refractivity contribution in [3.8, 4) is 6.07 Å². The van der Waals surface area contributed by atoms with Crippen LogP contribution in [0.5, 0.6) is 0 Å². The van der Waals surface area contributed by atoms with Gasteiger partial charge in [0.25, 0.3) is 0 Å². The summed E-state index contributed by atoms with van der Waals surface area (Å²) < 4.78 is 35.8. The van der Waals surface area contributed by atoms with Crippen molar-refractivity contribution in [3.05, 3.63) is 35.9 Å². The van der Waals surface area contributed by atoms with Crippen LogP contribution in [0.15, 0.2) is 30.3 Å². The maximum absolute atomic E-state index is 11.9. The van der Waals surface area contributed by atoms with E-state index in [1.165, 1.54) is 0 Å². The number of hydrogen-bond donors (Lipinski definition) is 1. The Bertz CT molecular complexity index is 480. The van der Waals surface area contributed by atoms with Crippen LogP contribution < -0.4 is 5.32 Å². The minimum atomic E-state index is -4.16. The monoisotopic (exact) mass is 298 g/mol. The average molecular weight is 298 g/mol. The second-order valence-electron chi connectivity index (χ2n) is 4.73. The first-order valence-corrected chi connectivity index (χ1v) is 6.70. The number of hydrogen-bond acceptors (Lipinski definition) is 2. The van der Waals surface area contributed by atoms with Crippen LogP contribution in [0.25, 0.3) is 0 Å². The Hall–Kier alpha value is -2.03. The molecule has 0 radical (unpaired) electrons. The maximum atomic E-state index is 11.9. The van der Waals surface area contributed by atoms with E-state index in [1.54, 1.807) is 0 Å². The Morgan fingerprint density at radius 1 is 1.24 bits per heavy atom. The van der Waals surface area contributed by atoms with Gasteiger partial charge in [-0.3, -0.25) is 4.79 Å². The Labute approximate surface area is 121 Å². The van der Waals surface area contributed by atoms with Crippen LogP contribution in [0.3, 0.4) is 0 Å². The summed E-state index contributed by atoms with van der Waals surface area (Å²) in [5.41, 5.74) is 0.872. The van der Waals surface area contributed by atoms with Gasteiger partial charge in [-0.15, -0.1) is 0 Å². The van der Waals surface area contributed by atoms with Crippen LogP contribution in [0, 0.1) is 17.2 Å². The standard InChI is InChI=1S/C15H17F3N2O/c16-15(17,18)8-4-5-9-20-14(21)13(11-19)10-12-6-2-1-3-7-12/h1-3,6-7,13H,4-5,8-10H2,(H,20,21). The molecule has 0 aliphatic heterocycles. The summed E-state index contributed by atoms with van der Waals surface area (Å²) in [4.78, 5) is 11.8. The van der Waals surface area contributed by atoms with Gasteiger partial charge in [0.2, 0.25) is 5.91 Å². The zero-order valence-electron chi connectivity index (χ0n) is 11.5. The van der Waals surface area contributed by atoms with E-state index in [4.69, 9.17) is 5.26 Å². The second kappa shape index (κ2) is 8.30. The minimum Gasteiger partial charge on any atom is -0.355 e. The number of alkyl halides is 3. The van der Waals surface area contributed by atoms with E-state index in [2.05, 4.69) is 5.32 Å². The normalized spacial score (nSPS) is 12.5. The van der Waals surface area contributed by atoms with Gasteiger partial charge in [0.05, 0.1) is 6.07 Å². The molecule has 6 heteroatoms. The van der Waals surface area contributed by atoms with Crippen LogP contribution in [0.4, 0.5) is 13.2 Å². The molecule has 1 N–H and O–H groups in total. The molecule has 0 bridgehead atoms. The van der Waals surface area contributed by atoms with Crippen LogP contribution in [-0.4, -0.2) is 18.6 Å². The quantitative estimate of drug-likeness (QED) is 0.786. The highest BCUT2D eigenvalue weighted by Crippen LogP contribution is 2.21. The number of nitriles is 1. The Kier molecular flexibility index (Phi) is 6.73. The molecule has 1 unspecified atom stereocenters. The van der Waals surface area contributed by atoms with Gasteiger partial charge in [-0.25, -0.2) is 0 Å². The summed E-state index contributed by atoms with van der Waals surface area (Å²) in [6.07, 6.45) is -4.50. The highest BCUT2D eigenvalue weighted by molar-refractivity contribution is 5.81. The first-order valence-electron chi connectivity index (χ1n) is 6.70.